The van der Waals surface area contributed by atoms with Crippen molar-refractivity contribution in [1.29, 1.82) is 0 Å². The summed E-state index contributed by atoms with van der Waals surface area (Å²) in [5, 5.41) is 9.46. The van der Waals surface area contributed by atoms with Gasteiger partial charge in [0.1, 0.15) is 0 Å². The monoisotopic (exact) mass is 254 g/mol. The number of ether oxygens (including phenoxy) is 1. The molecule has 1 heterocycles. The summed E-state index contributed by atoms with van der Waals surface area (Å²) in [5.74, 6) is 1.30. The third-order valence-corrected chi connectivity index (χ3v) is 5.92. The van der Waals surface area contributed by atoms with Gasteiger partial charge in [-0.2, -0.15) is 0 Å². The van der Waals surface area contributed by atoms with Crippen LogP contribution >= 0.6 is 0 Å². The van der Waals surface area contributed by atoms with Crippen molar-refractivity contribution >= 4 is 0 Å². The van der Waals surface area contributed by atoms with Crippen molar-refractivity contribution < 1.29 is 9.84 Å². The van der Waals surface area contributed by atoms with E-state index in [1.165, 1.54) is 25.7 Å². The Balaban J connectivity index is 2.26. The number of hydrogen-bond acceptors (Lipinski definition) is 2. The van der Waals surface area contributed by atoms with Crippen LogP contribution in [0.4, 0.5) is 0 Å². The maximum atomic E-state index is 9.46. The van der Waals surface area contributed by atoms with Crippen LogP contribution in [0, 0.1) is 22.7 Å². The molecule has 2 aliphatic rings. The molecule has 4 unspecified atom stereocenters. The van der Waals surface area contributed by atoms with Gasteiger partial charge in [-0.25, -0.2) is 0 Å². The minimum absolute atomic E-state index is 0.325. The lowest BCUT2D eigenvalue weighted by molar-refractivity contribution is -0.0697. The zero-order valence-corrected chi connectivity index (χ0v) is 12.5. The Morgan fingerprint density at radius 3 is 2.50 bits per heavy atom. The molecule has 106 valence electrons. The Morgan fingerprint density at radius 2 is 1.94 bits per heavy atom. The van der Waals surface area contributed by atoms with Crippen molar-refractivity contribution in [2.24, 2.45) is 22.7 Å². The lowest BCUT2D eigenvalue weighted by Gasteiger charge is -2.54. The van der Waals surface area contributed by atoms with E-state index in [0.717, 1.165) is 13.0 Å². The van der Waals surface area contributed by atoms with E-state index in [2.05, 4.69) is 27.7 Å². The highest BCUT2D eigenvalue weighted by atomic mass is 16.5. The van der Waals surface area contributed by atoms with E-state index < -0.39 is 0 Å². The van der Waals surface area contributed by atoms with Crippen molar-refractivity contribution in [3.8, 4) is 0 Å². The number of rotatable bonds is 3. The second kappa shape index (κ2) is 5.13. The molecule has 2 nitrogen and oxygen atoms in total. The van der Waals surface area contributed by atoms with Crippen LogP contribution in [0.25, 0.3) is 0 Å². The summed E-state index contributed by atoms with van der Waals surface area (Å²) in [7, 11) is 0. The smallest absolute Gasteiger partial charge is 0.0581 e. The van der Waals surface area contributed by atoms with E-state index in [1.54, 1.807) is 0 Å². The van der Waals surface area contributed by atoms with E-state index in [0.29, 0.717) is 35.4 Å². The molecule has 2 fully saturated rings. The van der Waals surface area contributed by atoms with Crippen LogP contribution in [0.15, 0.2) is 0 Å². The molecule has 4 atom stereocenters. The van der Waals surface area contributed by atoms with Crippen molar-refractivity contribution in [2.45, 2.75) is 65.9 Å². The SMILES string of the molecule is CC1OCCC1C1(C)CCCC(C)(C)C1CCO. The highest BCUT2D eigenvalue weighted by Gasteiger charge is 2.52. The number of aliphatic hydroxyl groups excluding tert-OH is 1. The molecule has 0 aromatic carbocycles. The molecule has 0 amide bonds. The topological polar surface area (TPSA) is 29.5 Å². The fourth-order valence-corrected chi connectivity index (χ4v) is 5.06. The van der Waals surface area contributed by atoms with Gasteiger partial charge in [0.05, 0.1) is 6.10 Å². The maximum Gasteiger partial charge on any atom is 0.0581 e. The lowest BCUT2D eigenvalue weighted by Crippen LogP contribution is -2.48. The van der Waals surface area contributed by atoms with Gasteiger partial charge in [0.25, 0.3) is 0 Å². The Labute approximate surface area is 112 Å². The molecule has 0 radical (unpaired) electrons. The van der Waals surface area contributed by atoms with E-state index in [4.69, 9.17) is 4.74 Å². The highest BCUT2D eigenvalue weighted by molar-refractivity contribution is 5.01. The number of hydrogen-bond donors (Lipinski definition) is 1. The fourth-order valence-electron chi connectivity index (χ4n) is 5.06. The van der Waals surface area contributed by atoms with Gasteiger partial charge in [0.15, 0.2) is 0 Å². The van der Waals surface area contributed by atoms with Crippen LogP contribution in [0.2, 0.25) is 0 Å². The first-order valence-corrected chi connectivity index (χ1v) is 7.64. The summed E-state index contributed by atoms with van der Waals surface area (Å²) < 4.78 is 5.82. The summed E-state index contributed by atoms with van der Waals surface area (Å²) in [6, 6.07) is 0. The molecule has 2 rings (SSSR count). The predicted molar refractivity (Wildman–Crippen MR) is 74.5 cm³/mol. The van der Waals surface area contributed by atoms with Crippen molar-refractivity contribution in [2.75, 3.05) is 13.2 Å². The Bertz CT molecular complexity index is 287. The maximum absolute atomic E-state index is 9.46. The van der Waals surface area contributed by atoms with Crippen LogP contribution in [0.1, 0.15) is 59.8 Å². The van der Waals surface area contributed by atoms with Crippen LogP contribution < -0.4 is 0 Å². The molecule has 1 saturated heterocycles. The standard InChI is InChI=1S/C16H30O2/c1-12-13(7-11-18-12)16(4)9-5-8-15(2,3)14(16)6-10-17/h12-14,17H,5-11H2,1-4H3. The molecule has 0 spiro atoms. The highest BCUT2D eigenvalue weighted by Crippen LogP contribution is 2.58. The van der Waals surface area contributed by atoms with Gasteiger partial charge in [0, 0.05) is 13.2 Å². The van der Waals surface area contributed by atoms with Crippen molar-refractivity contribution in [3.05, 3.63) is 0 Å². The van der Waals surface area contributed by atoms with E-state index in [9.17, 15) is 5.11 Å². The summed E-state index contributed by atoms with van der Waals surface area (Å²) in [5.41, 5.74) is 0.707. The van der Waals surface area contributed by atoms with E-state index >= 15 is 0 Å². The molecule has 1 N–H and O–H groups in total. The minimum Gasteiger partial charge on any atom is -0.396 e. The Morgan fingerprint density at radius 1 is 1.22 bits per heavy atom. The van der Waals surface area contributed by atoms with Crippen LogP contribution in [0.5, 0.6) is 0 Å². The molecule has 1 aliphatic heterocycles. The quantitative estimate of drug-likeness (QED) is 0.833. The second-order valence-corrected chi connectivity index (χ2v) is 7.38. The van der Waals surface area contributed by atoms with Crippen LogP contribution in [-0.2, 0) is 4.74 Å². The third-order valence-electron chi connectivity index (χ3n) is 5.92. The molecule has 2 heteroatoms. The fraction of sp³-hybridized carbons (Fsp3) is 1.00. The van der Waals surface area contributed by atoms with Gasteiger partial charge in [-0.3, -0.25) is 0 Å². The lowest BCUT2D eigenvalue weighted by atomic mass is 9.51. The van der Waals surface area contributed by atoms with E-state index in [-0.39, 0.29) is 0 Å². The van der Waals surface area contributed by atoms with Crippen LogP contribution in [-0.4, -0.2) is 24.4 Å². The normalized spacial score (nSPS) is 44.2. The van der Waals surface area contributed by atoms with Crippen LogP contribution in [0.3, 0.4) is 0 Å². The zero-order valence-electron chi connectivity index (χ0n) is 12.5. The van der Waals surface area contributed by atoms with Gasteiger partial charge >= 0.3 is 0 Å². The molecular formula is C16H30O2. The van der Waals surface area contributed by atoms with Gasteiger partial charge in [-0.1, -0.05) is 27.2 Å². The minimum atomic E-state index is 0.325. The van der Waals surface area contributed by atoms with Gasteiger partial charge in [-0.05, 0) is 55.3 Å². The van der Waals surface area contributed by atoms with Gasteiger partial charge < -0.3 is 9.84 Å². The summed E-state index contributed by atoms with van der Waals surface area (Å²) in [6.45, 7) is 10.7. The van der Waals surface area contributed by atoms with Gasteiger partial charge in [-0.15, -0.1) is 0 Å². The second-order valence-electron chi connectivity index (χ2n) is 7.38. The first kappa shape index (κ1) is 14.3. The molecule has 1 aliphatic carbocycles. The number of aliphatic hydroxyl groups is 1. The van der Waals surface area contributed by atoms with E-state index in [1.807, 2.05) is 0 Å². The Kier molecular flexibility index (Phi) is 4.08. The predicted octanol–water partition coefficient (Wildman–Crippen LogP) is 3.63. The van der Waals surface area contributed by atoms with Crippen molar-refractivity contribution in [1.82, 2.24) is 0 Å². The first-order chi connectivity index (χ1) is 8.42. The average Bonchev–Trinajstić information content (AvgIpc) is 2.70. The zero-order chi connectivity index (χ0) is 13.4. The molecule has 1 saturated carbocycles. The molecule has 0 bridgehead atoms. The third kappa shape index (κ3) is 2.34. The van der Waals surface area contributed by atoms with Crippen molar-refractivity contribution in [3.63, 3.8) is 0 Å². The molecular weight excluding hydrogens is 224 g/mol. The largest absolute Gasteiger partial charge is 0.396 e. The summed E-state index contributed by atoms with van der Waals surface area (Å²) in [4.78, 5) is 0. The van der Waals surface area contributed by atoms with Gasteiger partial charge in [0.2, 0.25) is 0 Å². The molecule has 0 aromatic heterocycles. The molecule has 0 aromatic rings. The average molecular weight is 254 g/mol. The molecule has 18 heavy (non-hydrogen) atoms. The summed E-state index contributed by atoms with van der Waals surface area (Å²) >= 11 is 0. The Hall–Kier alpha value is -0.0800. The summed E-state index contributed by atoms with van der Waals surface area (Å²) in [6.07, 6.45) is 6.48. The first-order valence-electron chi connectivity index (χ1n) is 7.64.